The molecule has 1 fully saturated rings. The average Bonchev–Trinajstić information content (AvgIpc) is 2.66. The molecule has 2 aromatic rings. The molecule has 0 aromatic heterocycles. The van der Waals surface area contributed by atoms with E-state index < -0.39 is 11.8 Å². The van der Waals surface area contributed by atoms with Crippen LogP contribution in [0.5, 0.6) is 5.75 Å². The van der Waals surface area contributed by atoms with E-state index in [9.17, 15) is 14.0 Å². The quantitative estimate of drug-likeness (QED) is 0.566. The largest absolute Gasteiger partial charge is 0.490 e. The zero-order valence-electron chi connectivity index (χ0n) is 14.7. The van der Waals surface area contributed by atoms with Crippen LogP contribution in [0.2, 0.25) is 0 Å². The number of hydrogen-bond donors (Lipinski definition) is 1. The van der Waals surface area contributed by atoms with Gasteiger partial charge in [0.25, 0.3) is 0 Å². The number of hydrogen-bond acceptors (Lipinski definition) is 3. The van der Waals surface area contributed by atoms with Crippen LogP contribution in [0.3, 0.4) is 0 Å². The van der Waals surface area contributed by atoms with Crippen LogP contribution in [-0.4, -0.2) is 30.1 Å². The van der Waals surface area contributed by atoms with Gasteiger partial charge in [-0.3, -0.25) is 9.59 Å². The molecule has 0 bridgehead atoms. The SMILES string of the molecule is C=CCOc1ccc(-c2cc(F)ccc2N2CC(CCC(=O)O)C2=O)cc1. The van der Waals surface area contributed by atoms with Gasteiger partial charge >= 0.3 is 5.97 Å². The van der Waals surface area contributed by atoms with E-state index >= 15 is 0 Å². The number of rotatable bonds is 8. The Bertz CT molecular complexity index is 863. The highest BCUT2D eigenvalue weighted by Gasteiger charge is 2.38. The number of anilines is 1. The van der Waals surface area contributed by atoms with Crippen LogP contribution in [-0.2, 0) is 9.59 Å². The van der Waals surface area contributed by atoms with Gasteiger partial charge in [0.1, 0.15) is 18.2 Å². The Morgan fingerprint density at radius 3 is 2.67 bits per heavy atom. The fourth-order valence-electron chi connectivity index (χ4n) is 3.09. The first-order valence-electron chi connectivity index (χ1n) is 8.66. The number of nitrogens with zero attached hydrogens (tertiary/aromatic N) is 1. The number of β-lactam (4-membered cyclic amide) rings is 1. The van der Waals surface area contributed by atoms with Crippen molar-refractivity contribution in [2.24, 2.45) is 5.92 Å². The number of benzene rings is 2. The second-order valence-electron chi connectivity index (χ2n) is 6.36. The van der Waals surface area contributed by atoms with Crippen LogP contribution in [0.4, 0.5) is 10.1 Å². The van der Waals surface area contributed by atoms with Gasteiger partial charge in [-0.15, -0.1) is 0 Å². The molecule has 1 N–H and O–H groups in total. The van der Waals surface area contributed by atoms with E-state index in [-0.39, 0.29) is 18.2 Å². The van der Waals surface area contributed by atoms with E-state index in [0.717, 1.165) is 5.56 Å². The lowest BCUT2D eigenvalue weighted by Crippen LogP contribution is -2.53. The van der Waals surface area contributed by atoms with Gasteiger partial charge in [0.2, 0.25) is 5.91 Å². The third kappa shape index (κ3) is 4.16. The summed E-state index contributed by atoms with van der Waals surface area (Å²) in [7, 11) is 0. The first-order chi connectivity index (χ1) is 13.0. The van der Waals surface area contributed by atoms with Gasteiger partial charge < -0.3 is 14.7 Å². The molecule has 27 heavy (non-hydrogen) atoms. The van der Waals surface area contributed by atoms with Gasteiger partial charge in [-0.05, 0) is 42.3 Å². The topological polar surface area (TPSA) is 66.8 Å². The first-order valence-corrected chi connectivity index (χ1v) is 8.66. The lowest BCUT2D eigenvalue weighted by atomic mass is 9.91. The van der Waals surface area contributed by atoms with E-state index in [1.807, 2.05) is 12.1 Å². The van der Waals surface area contributed by atoms with Crippen LogP contribution in [0.25, 0.3) is 11.1 Å². The van der Waals surface area contributed by atoms with Gasteiger partial charge in [0, 0.05) is 18.5 Å². The molecule has 1 unspecified atom stereocenters. The van der Waals surface area contributed by atoms with Crippen LogP contribution in [0.15, 0.2) is 55.1 Å². The second-order valence-corrected chi connectivity index (χ2v) is 6.36. The smallest absolute Gasteiger partial charge is 0.303 e. The number of carbonyl (C=O) groups excluding carboxylic acids is 1. The molecule has 2 aromatic carbocycles. The summed E-state index contributed by atoms with van der Waals surface area (Å²) in [5.41, 5.74) is 1.99. The number of carboxylic acids is 1. The Morgan fingerprint density at radius 1 is 1.30 bits per heavy atom. The zero-order chi connectivity index (χ0) is 19.4. The molecule has 0 radical (unpaired) electrons. The third-order valence-corrected chi connectivity index (χ3v) is 4.51. The maximum Gasteiger partial charge on any atom is 0.303 e. The van der Waals surface area contributed by atoms with Crippen LogP contribution in [0, 0.1) is 11.7 Å². The number of carboxylic acid groups (broad SMARTS) is 1. The van der Waals surface area contributed by atoms with Crippen molar-refractivity contribution in [1.82, 2.24) is 0 Å². The second kappa shape index (κ2) is 8.03. The molecule has 0 spiro atoms. The third-order valence-electron chi connectivity index (χ3n) is 4.51. The Labute approximate surface area is 156 Å². The maximum absolute atomic E-state index is 13.8. The van der Waals surface area contributed by atoms with Crippen molar-refractivity contribution in [3.8, 4) is 16.9 Å². The lowest BCUT2D eigenvalue weighted by molar-refractivity contribution is -0.137. The summed E-state index contributed by atoms with van der Waals surface area (Å²) in [5, 5.41) is 8.77. The molecule has 140 valence electrons. The van der Waals surface area contributed by atoms with E-state index in [0.29, 0.717) is 36.6 Å². The van der Waals surface area contributed by atoms with Crippen molar-refractivity contribution in [1.29, 1.82) is 0 Å². The lowest BCUT2D eigenvalue weighted by Gasteiger charge is -2.39. The number of aliphatic carboxylic acids is 1. The molecule has 1 heterocycles. The Kier molecular flexibility index (Phi) is 5.54. The van der Waals surface area contributed by atoms with Crippen molar-refractivity contribution >= 4 is 17.6 Å². The molecule has 1 atom stereocenters. The fraction of sp³-hybridized carbons (Fsp3) is 0.238. The maximum atomic E-state index is 13.8. The zero-order valence-corrected chi connectivity index (χ0v) is 14.7. The predicted octanol–water partition coefficient (Wildman–Crippen LogP) is 3.89. The Hall–Kier alpha value is -3.15. The molecule has 1 aliphatic rings. The molecular weight excluding hydrogens is 349 g/mol. The average molecular weight is 369 g/mol. The molecule has 3 rings (SSSR count). The van der Waals surface area contributed by atoms with Crippen molar-refractivity contribution in [3.63, 3.8) is 0 Å². The molecule has 1 aliphatic heterocycles. The van der Waals surface area contributed by atoms with E-state index in [4.69, 9.17) is 9.84 Å². The van der Waals surface area contributed by atoms with Crippen LogP contribution < -0.4 is 9.64 Å². The molecule has 6 heteroatoms. The van der Waals surface area contributed by atoms with Crippen molar-refractivity contribution < 1.29 is 23.8 Å². The number of amides is 1. The normalized spacial score (nSPS) is 16.0. The molecule has 1 saturated heterocycles. The van der Waals surface area contributed by atoms with Crippen molar-refractivity contribution in [2.75, 3.05) is 18.1 Å². The van der Waals surface area contributed by atoms with Crippen LogP contribution >= 0.6 is 0 Å². The summed E-state index contributed by atoms with van der Waals surface area (Å²) in [5.74, 6) is -1.06. The van der Waals surface area contributed by atoms with E-state index in [2.05, 4.69) is 6.58 Å². The van der Waals surface area contributed by atoms with E-state index in [1.165, 1.54) is 12.1 Å². The highest BCUT2D eigenvalue weighted by molar-refractivity contribution is 6.04. The Morgan fingerprint density at radius 2 is 2.04 bits per heavy atom. The van der Waals surface area contributed by atoms with Crippen molar-refractivity contribution in [3.05, 3.63) is 60.9 Å². The summed E-state index contributed by atoms with van der Waals surface area (Å²) in [4.78, 5) is 24.7. The van der Waals surface area contributed by atoms with Gasteiger partial charge in [0.05, 0.1) is 11.6 Å². The monoisotopic (exact) mass is 369 g/mol. The van der Waals surface area contributed by atoms with Crippen molar-refractivity contribution in [2.45, 2.75) is 12.8 Å². The minimum absolute atomic E-state index is 0.0350. The number of carbonyl (C=O) groups is 2. The molecule has 0 aliphatic carbocycles. The van der Waals surface area contributed by atoms with Gasteiger partial charge in [-0.2, -0.15) is 0 Å². The Balaban J connectivity index is 1.81. The molecule has 0 saturated carbocycles. The number of ether oxygens (including phenoxy) is 1. The fourth-order valence-corrected chi connectivity index (χ4v) is 3.09. The standard InChI is InChI=1S/C21H20FNO4/c1-2-11-27-17-7-3-14(4-8-17)18-12-16(22)6-9-19(18)23-13-15(21(23)26)5-10-20(24)25/h2-4,6-9,12,15H,1,5,10-11,13H2,(H,24,25). The van der Waals surface area contributed by atoms with Gasteiger partial charge in [0.15, 0.2) is 0 Å². The highest BCUT2D eigenvalue weighted by Crippen LogP contribution is 2.37. The van der Waals surface area contributed by atoms with Gasteiger partial charge in [-0.25, -0.2) is 4.39 Å². The predicted molar refractivity (Wildman–Crippen MR) is 100 cm³/mol. The first kappa shape index (κ1) is 18.6. The summed E-state index contributed by atoms with van der Waals surface area (Å²) in [6.07, 6.45) is 1.93. The molecule has 5 nitrogen and oxygen atoms in total. The highest BCUT2D eigenvalue weighted by atomic mass is 19.1. The van der Waals surface area contributed by atoms with Gasteiger partial charge in [-0.1, -0.05) is 24.8 Å². The minimum Gasteiger partial charge on any atom is -0.490 e. The van der Waals surface area contributed by atoms with Crippen LogP contribution in [0.1, 0.15) is 12.8 Å². The number of halogens is 1. The molecule has 1 amide bonds. The minimum atomic E-state index is -0.914. The summed E-state index contributed by atoms with van der Waals surface area (Å²) in [6, 6.07) is 11.5. The van der Waals surface area contributed by atoms with E-state index in [1.54, 1.807) is 29.2 Å². The summed E-state index contributed by atoms with van der Waals surface area (Å²) >= 11 is 0. The summed E-state index contributed by atoms with van der Waals surface area (Å²) in [6.45, 7) is 4.43. The molecular formula is C21H20FNO4. The summed E-state index contributed by atoms with van der Waals surface area (Å²) < 4.78 is 19.3.